The van der Waals surface area contributed by atoms with Gasteiger partial charge in [0.25, 0.3) is 0 Å². The summed E-state index contributed by atoms with van der Waals surface area (Å²) >= 11 is 1.47. The lowest BCUT2D eigenvalue weighted by Gasteiger charge is -2.29. The molecule has 1 aromatic rings. The molecule has 7 heteroatoms. The van der Waals surface area contributed by atoms with Gasteiger partial charge in [-0.3, -0.25) is 10.1 Å². The lowest BCUT2D eigenvalue weighted by Crippen LogP contribution is -2.45. The van der Waals surface area contributed by atoms with Crippen molar-refractivity contribution < 1.29 is 14.3 Å². The van der Waals surface area contributed by atoms with E-state index in [4.69, 9.17) is 4.74 Å². The Morgan fingerprint density at radius 2 is 2.35 bits per heavy atom. The van der Waals surface area contributed by atoms with Crippen molar-refractivity contribution in [2.75, 3.05) is 25.0 Å². The predicted octanol–water partition coefficient (Wildman–Crippen LogP) is 1.66. The van der Waals surface area contributed by atoms with Crippen molar-refractivity contribution in [3.8, 4) is 0 Å². The first-order chi connectivity index (χ1) is 9.63. The molecule has 1 fully saturated rings. The minimum Gasteiger partial charge on any atom is -0.375 e. The Morgan fingerprint density at radius 3 is 3.10 bits per heavy atom. The van der Waals surface area contributed by atoms with Crippen molar-refractivity contribution in [2.45, 2.75) is 26.4 Å². The third-order valence-corrected chi connectivity index (χ3v) is 4.65. The summed E-state index contributed by atoms with van der Waals surface area (Å²) in [6.07, 6.45) is 1.24. The lowest BCUT2D eigenvalue weighted by molar-refractivity contribution is -0.124. The maximum Gasteiger partial charge on any atom is 0.323 e. The second-order valence-corrected chi connectivity index (χ2v) is 6.27. The number of fused-ring (bicyclic) bond motifs is 1. The normalized spacial score (nSPS) is 22.6. The van der Waals surface area contributed by atoms with Gasteiger partial charge in [0.05, 0.1) is 23.8 Å². The molecule has 3 rings (SSSR count). The van der Waals surface area contributed by atoms with E-state index in [1.54, 1.807) is 4.90 Å². The molecule has 6 nitrogen and oxygen atoms in total. The molecule has 2 aliphatic heterocycles. The number of likely N-dealkylation sites (tertiary alicyclic amines) is 1. The molecule has 0 spiro atoms. The second-order valence-electron chi connectivity index (χ2n) is 5.19. The summed E-state index contributed by atoms with van der Waals surface area (Å²) in [7, 11) is 0. The van der Waals surface area contributed by atoms with Crippen molar-refractivity contribution in [3.05, 3.63) is 10.6 Å². The topological polar surface area (TPSA) is 71.5 Å². The van der Waals surface area contributed by atoms with Crippen LogP contribution in [0.15, 0.2) is 0 Å². The van der Waals surface area contributed by atoms with E-state index >= 15 is 0 Å². The largest absolute Gasteiger partial charge is 0.375 e. The number of nitrogens with zero attached hydrogens (tertiary/aromatic N) is 2. The van der Waals surface area contributed by atoms with Gasteiger partial charge in [0.15, 0.2) is 5.13 Å². The van der Waals surface area contributed by atoms with Crippen LogP contribution in [0, 0.1) is 5.92 Å². The van der Waals surface area contributed by atoms with Gasteiger partial charge in [0, 0.05) is 31.8 Å². The Labute approximate surface area is 121 Å². The third-order valence-electron chi connectivity index (χ3n) is 3.67. The fraction of sp³-hybridized carbons (Fsp3) is 0.615. The van der Waals surface area contributed by atoms with Gasteiger partial charge < -0.3 is 9.64 Å². The number of ether oxygens (including phenoxy) is 1. The summed E-state index contributed by atoms with van der Waals surface area (Å²) in [5.41, 5.74) is 1.03. The molecule has 1 N–H and O–H groups in total. The molecule has 1 unspecified atom stereocenters. The third kappa shape index (κ3) is 2.69. The number of thiazole rings is 1. The molecule has 0 bridgehead atoms. The number of aromatic nitrogens is 1. The Balaban J connectivity index is 1.64. The van der Waals surface area contributed by atoms with Crippen molar-refractivity contribution in [1.82, 2.24) is 9.88 Å². The maximum atomic E-state index is 12.2. The minimum absolute atomic E-state index is 0.0765. The van der Waals surface area contributed by atoms with Gasteiger partial charge in [-0.2, -0.15) is 0 Å². The van der Waals surface area contributed by atoms with Crippen molar-refractivity contribution in [1.29, 1.82) is 0 Å². The van der Waals surface area contributed by atoms with Gasteiger partial charge >= 0.3 is 6.03 Å². The SMILES string of the molecule is CC1CN(C(=O)Nc2nc3c(s2)COCC3)CCC1=O. The molecule has 0 saturated carbocycles. The first kappa shape index (κ1) is 13.5. The summed E-state index contributed by atoms with van der Waals surface area (Å²) in [4.78, 5) is 30.8. The van der Waals surface area contributed by atoms with E-state index < -0.39 is 0 Å². The molecule has 0 aliphatic carbocycles. The summed E-state index contributed by atoms with van der Waals surface area (Å²) < 4.78 is 5.37. The highest BCUT2D eigenvalue weighted by molar-refractivity contribution is 7.15. The first-order valence-electron chi connectivity index (χ1n) is 6.78. The number of piperidine rings is 1. The van der Waals surface area contributed by atoms with Crippen LogP contribution in [-0.4, -0.2) is 41.4 Å². The molecular formula is C13H17N3O3S. The number of ketones is 1. The van der Waals surface area contributed by atoms with Crippen LogP contribution in [0.5, 0.6) is 0 Å². The number of amides is 2. The number of anilines is 1. The zero-order valence-electron chi connectivity index (χ0n) is 11.3. The molecule has 3 heterocycles. The van der Waals surface area contributed by atoms with Crippen LogP contribution >= 0.6 is 11.3 Å². The number of carbonyl (C=O) groups is 2. The molecule has 2 aliphatic rings. The van der Waals surface area contributed by atoms with Crippen LogP contribution in [-0.2, 0) is 22.6 Å². The van der Waals surface area contributed by atoms with Crippen LogP contribution in [0.3, 0.4) is 0 Å². The average molecular weight is 295 g/mol. The van der Waals surface area contributed by atoms with E-state index in [1.807, 2.05) is 6.92 Å². The van der Waals surface area contributed by atoms with Crippen LogP contribution in [0.25, 0.3) is 0 Å². The fourth-order valence-electron chi connectivity index (χ4n) is 2.45. The number of rotatable bonds is 1. The van der Waals surface area contributed by atoms with Gasteiger partial charge in [-0.15, -0.1) is 0 Å². The van der Waals surface area contributed by atoms with Gasteiger partial charge in [-0.1, -0.05) is 18.3 Å². The number of hydrogen-bond acceptors (Lipinski definition) is 5. The van der Waals surface area contributed by atoms with Gasteiger partial charge in [0.1, 0.15) is 5.78 Å². The highest BCUT2D eigenvalue weighted by atomic mass is 32.1. The first-order valence-corrected chi connectivity index (χ1v) is 7.60. The molecule has 1 saturated heterocycles. The standard InChI is InChI=1S/C13H17N3O3S/c1-8-6-16(4-2-10(8)17)13(18)15-12-14-9-3-5-19-7-11(9)20-12/h8H,2-7H2,1H3,(H,14,15,18). The Morgan fingerprint density at radius 1 is 1.50 bits per heavy atom. The van der Waals surface area contributed by atoms with E-state index in [0.717, 1.165) is 17.0 Å². The predicted molar refractivity (Wildman–Crippen MR) is 74.9 cm³/mol. The van der Waals surface area contributed by atoms with Crippen molar-refractivity contribution in [3.63, 3.8) is 0 Å². The van der Waals surface area contributed by atoms with Crippen LogP contribution in [0.2, 0.25) is 0 Å². The number of urea groups is 1. The summed E-state index contributed by atoms with van der Waals surface area (Å²) in [5.74, 6) is 0.156. The molecule has 1 atom stereocenters. The number of Topliss-reactive ketones (excluding diaryl/α,β-unsaturated/α-hetero) is 1. The highest BCUT2D eigenvalue weighted by Crippen LogP contribution is 2.27. The second kappa shape index (κ2) is 5.49. The number of carbonyl (C=O) groups excluding carboxylic acids is 2. The molecular weight excluding hydrogens is 278 g/mol. The summed E-state index contributed by atoms with van der Waals surface area (Å²) in [6.45, 7) is 4.11. The Kier molecular flexibility index (Phi) is 3.71. The summed E-state index contributed by atoms with van der Waals surface area (Å²) in [5, 5.41) is 3.45. The quantitative estimate of drug-likeness (QED) is 0.855. The van der Waals surface area contributed by atoms with Gasteiger partial charge in [-0.25, -0.2) is 9.78 Å². The monoisotopic (exact) mass is 295 g/mol. The molecule has 0 radical (unpaired) electrons. The van der Waals surface area contributed by atoms with E-state index in [1.165, 1.54) is 11.3 Å². The zero-order valence-corrected chi connectivity index (χ0v) is 12.2. The van der Waals surface area contributed by atoms with E-state index in [9.17, 15) is 9.59 Å². The van der Waals surface area contributed by atoms with E-state index in [2.05, 4.69) is 10.3 Å². The van der Waals surface area contributed by atoms with E-state index in [0.29, 0.717) is 37.9 Å². The van der Waals surface area contributed by atoms with Crippen molar-refractivity contribution >= 4 is 28.3 Å². The van der Waals surface area contributed by atoms with Crippen LogP contribution in [0.4, 0.5) is 9.93 Å². The smallest absolute Gasteiger partial charge is 0.323 e. The van der Waals surface area contributed by atoms with E-state index in [-0.39, 0.29) is 17.7 Å². The number of nitrogens with one attached hydrogen (secondary N) is 1. The molecule has 2 amide bonds. The Hall–Kier alpha value is -1.47. The number of hydrogen-bond donors (Lipinski definition) is 1. The minimum atomic E-state index is -0.170. The summed E-state index contributed by atoms with van der Waals surface area (Å²) in [6, 6.07) is -0.170. The van der Waals surface area contributed by atoms with Crippen LogP contribution in [0.1, 0.15) is 23.9 Å². The van der Waals surface area contributed by atoms with Gasteiger partial charge in [-0.05, 0) is 0 Å². The maximum absolute atomic E-state index is 12.2. The molecule has 1 aromatic heterocycles. The lowest BCUT2D eigenvalue weighted by atomic mass is 9.99. The molecule has 20 heavy (non-hydrogen) atoms. The van der Waals surface area contributed by atoms with Crippen LogP contribution < -0.4 is 5.32 Å². The highest BCUT2D eigenvalue weighted by Gasteiger charge is 2.27. The average Bonchev–Trinajstić information content (AvgIpc) is 2.83. The molecule has 108 valence electrons. The molecule has 0 aromatic carbocycles. The van der Waals surface area contributed by atoms with Gasteiger partial charge in [0.2, 0.25) is 0 Å². The zero-order chi connectivity index (χ0) is 14.1. The van der Waals surface area contributed by atoms with Crippen molar-refractivity contribution in [2.24, 2.45) is 5.92 Å². The fourth-order valence-corrected chi connectivity index (χ4v) is 3.38. The Bertz CT molecular complexity index is 519.